The fourth-order valence-corrected chi connectivity index (χ4v) is 3.66. The van der Waals surface area contributed by atoms with Crippen molar-refractivity contribution in [3.8, 4) is 5.75 Å². The van der Waals surface area contributed by atoms with Crippen molar-refractivity contribution in [2.45, 2.75) is 109 Å². The lowest BCUT2D eigenvalue weighted by molar-refractivity contribution is -0.145. The molecule has 1 aromatic rings. The molecule has 30 heavy (non-hydrogen) atoms. The third-order valence-corrected chi connectivity index (χ3v) is 5.48. The number of rotatable bonds is 19. The van der Waals surface area contributed by atoms with Crippen molar-refractivity contribution in [2.75, 3.05) is 0 Å². The molecule has 0 bridgehead atoms. The van der Waals surface area contributed by atoms with Crippen LogP contribution in [0.2, 0.25) is 0 Å². The van der Waals surface area contributed by atoms with E-state index in [1.807, 2.05) is 0 Å². The molecule has 0 amide bonds. The number of aromatic carboxylic acids is 1. The minimum atomic E-state index is -1.12. The molecule has 0 aliphatic carbocycles. The molecular weight excluding hydrogens is 380 g/mol. The molecule has 170 valence electrons. The predicted molar refractivity (Wildman–Crippen MR) is 120 cm³/mol. The maximum Gasteiger partial charge on any atom is 0.344 e. The van der Waals surface area contributed by atoms with Crippen molar-refractivity contribution in [3.63, 3.8) is 0 Å². The number of para-hydroxylation sites is 1. The Kier molecular flexibility index (Phi) is 14.5. The predicted octanol–water partition coefficient (Wildman–Crippen LogP) is 7.09. The zero-order valence-electron chi connectivity index (χ0n) is 18.6. The van der Waals surface area contributed by atoms with Crippen LogP contribution in [0.3, 0.4) is 0 Å². The number of carboxylic acids is 2. The molecule has 0 radical (unpaired) electrons. The topological polar surface area (TPSA) is 83.8 Å². The van der Waals surface area contributed by atoms with Gasteiger partial charge in [0, 0.05) is 0 Å². The van der Waals surface area contributed by atoms with E-state index in [0.717, 1.165) is 19.3 Å². The summed E-state index contributed by atoms with van der Waals surface area (Å²) in [7, 11) is 0. The maximum absolute atomic E-state index is 11.5. The van der Waals surface area contributed by atoms with Crippen molar-refractivity contribution in [1.29, 1.82) is 0 Å². The summed E-state index contributed by atoms with van der Waals surface area (Å²) in [5.41, 5.74) is -0.00953. The molecule has 0 aliphatic heterocycles. The quantitative estimate of drug-likeness (QED) is 0.233. The molecule has 0 fully saturated rings. The van der Waals surface area contributed by atoms with Crippen LogP contribution in [-0.2, 0) is 4.79 Å². The summed E-state index contributed by atoms with van der Waals surface area (Å²) in [6.45, 7) is 2.25. The molecule has 0 heterocycles. The largest absolute Gasteiger partial charge is 0.479 e. The van der Waals surface area contributed by atoms with Crippen LogP contribution >= 0.6 is 0 Å². The second kappa shape index (κ2) is 16.7. The van der Waals surface area contributed by atoms with Crippen LogP contribution in [0, 0.1) is 0 Å². The second-order valence-electron chi connectivity index (χ2n) is 8.13. The number of unbranched alkanes of at least 4 members (excludes halogenated alkanes) is 13. The standard InChI is InChI=1S/C25H40O5/c1-2-3-4-5-6-7-8-9-10-11-12-13-14-15-20-23(25(28)29)30-22-19-17-16-18-21(22)24(26)27/h16-19,23H,2-15,20H2,1H3,(H,26,27)(H,28,29). The number of hydrogen-bond donors (Lipinski definition) is 2. The Morgan fingerprint density at radius 1 is 0.767 bits per heavy atom. The Hall–Kier alpha value is -2.04. The van der Waals surface area contributed by atoms with Gasteiger partial charge in [-0.3, -0.25) is 0 Å². The number of ether oxygens (including phenoxy) is 1. The number of aliphatic carboxylic acids is 1. The van der Waals surface area contributed by atoms with Crippen molar-refractivity contribution >= 4 is 11.9 Å². The molecular formula is C25H40O5. The number of hydrogen-bond acceptors (Lipinski definition) is 3. The lowest BCUT2D eigenvalue weighted by Crippen LogP contribution is -2.27. The lowest BCUT2D eigenvalue weighted by atomic mass is 10.0. The highest BCUT2D eigenvalue weighted by atomic mass is 16.5. The SMILES string of the molecule is CCCCCCCCCCCCCCCCC(Oc1ccccc1C(=O)O)C(=O)O. The van der Waals surface area contributed by atoms with Crippen LogP contribution in [0.25, 0.3) is 0 Å². The zero-order chi connectivity index (χ0) is 22.0. The summed E-state index contributed by atoms with van der Waals surface area (Å²) in [5, 5.41) is 18.6. The summed E-state index contributed by atoms with van der Waals surface area (Å²) in [4.78, 5) is 22.7. The van der Waals surface area contributed by atoms with Gasteiger partial charge in [0.1, 0.15) is 11.3 Å². The molecule has 1 aromatic carbocycles. The molecule has 2 N–H and O–H groups in total. The van der Waals surface area contributed by atoms with E-state index in [1.165, 1.54) is 82.8 Å². The fourth-order valence-electron chi connectivity index (χ4n) is 3.66. The minimum absolute atomic E-state index is 0.00953. The van der Waals surface area contributed by atoms with Crippen LogP contribution in [0.5, 0.6) is 5.75 Å². The van der Waals surface area contributed by atoms with Crippen LogP contribution < -0.4 is 4.74 Å². The summed E-state index contributed by atoms with van der Waals surface area (Å²) in [6.07, 6.45) is 16.8. The highest BCUT2D eigenvalue weighted by molar-refractivity contribution is 5.91. The van der Waals surface area contributed by atoms with E-state index in [-0.39, 0.29) is 11.3 Å². The molecule has 1 rings (SSSR count). The highest BCUT2D eigenvalue weighted by Crippen LogP contribution is 2.21. The summed E-state index contributed by atoms with van der Waals surface area (Å²) < 4.78 is 5.50. The normalized spacial score (nSPS) is 11.9. The summed E-state index contributed by atoms with van der Waals surface area (Å²) in [5.74, 6) is -2.06. The first-order valence-corrected chi connectivity index (χ1v) is 11.8. The molecule has 0 spiro atoms. The second-order valence-corrected chi connectivity index (χ2v) is 8.13. The van der Waals surface area contributed by atoms with E-state index in [0.29, 0.717) is 6.42 Å². The van der Waals surface area contributed by atoms with Gasteiger partial charge in [-0.1, -0.05) is 103 Å². The summed E-state index contributed by atoms with van der Waals surface area (Å²) >= 11 is 0. The first kappa shape index (κ1) is 26.0. The van der Waals surface area contributed by atoms with Gasteiger partial charge in [-0.15, -0.1) is 0 Å². The first-order chi connectivity index (χ1) is 14.6. The molecule has 1 unspecified atom stereocenters. The average molecular weight is 421 g/mol. The molecule has 5 nitrogen and oxygen atoms in total. The third-order valence-electron chi connectivity index (χ3n) is 5.48. The molecule has 1 atom stereocenters. The van der Waals surface area contributed by atoms with Gasteiger partial charge in [0.2, 0.25) is 0 Å². The Morgan fingerprint density at radius 3 is 1.70 bits per heavy atom. The smallest absolute Gasteiger partial charge is 0.344 e. The van der Waals surface area contributed by atoms with Crippen molar-refractivity contribution in [2.24, 2.45) is 0 Å². The van der Waals surface area contributed by atoms with Crippen molar-refractivity contribution in [1.82, 2.24) is 0 Å². The van der Waals surface area contributed by atoms with E-state index in [4.69, 9.17) is 4.74 Å². The summed E-state index contributed by atoms with van der Waals surface area (Å²) in [6, 6.07) is 6.17. The van der Waals surface area contributed by atoms with Crippen LogP contribution in [-0.4, -0.2) is 28.3 Å². The van der Waals surface area contributed by atoms with Gasteiger partial charge in [-0.05, 0) is 25.0 Å². The van der Waals surface area contributed by atoms with Crippen molar-refractivity contribution in [3.05, 3.63) is 29.8 Å². The van der Waals surface area contributed by atoms with Crippen LogP contribution in [0.4, 0.5) is 0 Å². The zero-order valence-corrected chi connectivity index (χ0v) is 18.6. The van der Waals surface area contributed by atoms with E-state index in [2.05, 4.69) is 6.92 Å². The fraction of sp³-hybridized carbons (Fsp3) is 0.680. The van der Waals surface area contributed by atoms with E-state index < -0.39 is 18.0 Å². The van der Waals surface area contributed by atoms with E-state index >= 15 is 0 Å². The molecule has 0 aliphatic rings. The third kappa shape index (κ3) is 11.8. The Morgan fingerprint density at radius 2 is 1.23 bits per heavy atom. The van der Waals surface area contributed by atoms with Gasteiger partial charge >= 0.3 is 11.9 Å². The molecule has 0 saturated carbocycles. The lowest BCUT2D eigenvalue weighted by Gasteiger charge is -2.16. The Bertz CT molecular complexity index is 599. The van der Waals surface area contributed by atoms with Gasteiger partial charge in [0.05, 0.1) is 0 Å². The molecule has 5 heteroatoms. The van der Waals surface area contributed by atoms with Crippen LogP contribution in [0.1, 0.15) is 114 Å². The number of carboxylic acid groups (broad SMARTS) is 2. The van der Waals surface area contributed by atoms with Gasteiger partial charge in [-0.2, -0.15) is 0 Å². The van der Waals surface area contributed by atoms with Gasteiger partial charge < -0.3 is 14.9 Å². The average Bonchev–Trinajstić information content (AvgIpc) is 2.73. The Labute approximate surface area is 181 Å². The molecule has 0 aromatic heterocycles. The van der Waals surface area contributed by atoms with Crippen molar-refractivity contribution < 1.29 is 24.5 Å². The number of carbonyl (C=O) groups is 2. The van der Waals surface area contributed by atoms with E-state index in [1.54, 1.807) is 12.1 Å². The Balaban J connectivity index is 2.10. The van der Waals surface area contributed by atoms with Gasteiger partial charge in [0.15, 0.2) is 6.10 Å². The highest BCUT2D eigenvalue weighted by Gasteiger charge is 2.21. The van der Waals surface area contributed by atoms with E-state index in [9.17, 15) is 19.8 Å². The minimum Gasteiger partial charge on any atom is -0.479 e. The van der Waals surface area contributed by atoms with Gasteiger partial charge in [0.25, 0.3) is 0 Å². The molecule has 0 saturated heterocycles. The first-order valence-electron chi connectivity index (χ1n) is 11.8. The van der Waals surface area contributed by atoms with Gasteiger partial charge in [-0.25, -0.2) is 9.59 Å². The monoisotopic (exact) mass is 420 g/mol. The maximum atomic E-state index is 11.5. The number of benzene rings is 1. The van der Waals surface area contributed by atoms with Crippen LogP contribution in [0.15, 0.2) is 24.3 Å².